The summed E-state index contributed by atoms with van der Waals surface area (Å²) in [5.41, 5.74) is 1.34. The van der Waals surface area contributed by atoms with E-state index in [1.54, 1.807) is 7.11 Å². The highest BCUT2D eigenvalue weighted by Crippen LogP contribution is 2.34. The van der Waals surface area contributed by atoms with Crippen molar-refractivity contribution in [1.82, 2.24) is 9.55 Å². The zero-order chi connectivity index (χ0) is 12.3. The van der Waals surface area contributed by atoms with E-state index in [2.05, 4.69) is 28.0 Å². The molecule has 1 aliphatic carbocycles. The summed E-state index contributed by atoms with van der Waals surface area (Å²) in [7, 11) is 1.74. The van der Waals surface area contributed by atoms with Gasteiger partial charge in [-0.05, 0) is 39.5 Å². The summed E-state index contributed by atoms with van der Waals surface area (Å²) in [6, 6.07) is 0. The topological polar surface area (TPSA) is 39.1 Å². The normalized spacial score (nSPS) is 17.8. The van der Waals surface area contributed by atoms with E-state index in [1.807, 2.05) is 6.92 Å². The largest absolute Gasteiger partial charge is 0.385 e. The van der Waals surface area contributed by atoms with Gasteiger partial charge in [-0.25, -0.2) is 4.98 Å². The van der Waals surface area contributed by atoms with Gasteiger partial charge in [0.05, 0.1) is 5.69 Å². The van der Waals surface area contributed by atoms with Gasteiger partial charge in [-0.3, -0.25) is 0 Å². The molecule has 1 aromatic heterocycles. The van der Waals surface area contributed by atoms with Gasteiger partial charge in [0, 0.05) is 32.0 Å². The van der Waals surface area contributed by atoms with Crippen LogP contribution in [0.3, 0.4) is 0 Å². The van der Waals surface area contributed by atoms with Crippen molar-refractivity contribution in [3.8, 4) is 0 Å². The van der Waals surface area contributed by atoms with Crippen LogP contribution >= 0.6 is 0 Å². The van der Waals surface area contributed by atoms with Crippen molar-refractivity contribution >= 4 is 5.95 Å². The molecule has 0 radical (unpaired) electrons. The van der Waals surface area contributed by atoms with Gasteiger partial charge in [-0.1, -0.05) is 0 Å². The first-order chi connectivity index (χ1) is 8.13. The molecule has 0 unspecified atom stereocenters. The zero-order valence-corrected chi connectivity index (χ0v) is 11.1. The number of ether oxygens (including phenoxy) is 1. The van der Waals surface area contributed by atoms with Crippen LogP contribution in [-0.4, -0.2) is 28.8 Å². The average molecular weight is 237 g/mol. The highest BCUT2D eigenvalue weighted by atomic mass is 16.5. The molecular weight excluding hydrogens is 214 g/mol. The van der Waals surface area contributed by atoms with Crippen molar-refractivity contribution in [3.05, 3.63) is 11.9 Å². The highest BCUT2D eigenvalue weighted by Gasteiger charge is 2.32. The van der Waals surface area contributed by atoms with E-state index < -0.39 is 0 Å². The molecule has 0 amide bonds. The van der Waals surface area contributed by atoms with Crippen LogP contribution in [0.15, 0.2) is 6.20 Å². The molecule has 0 atom stereocenters. The Labute approximate surface area is 103 Å². The molecule has 4 nitrogen and oxygen atoms in total. The number of rotatable bonds is 6. The van der Waals surface area contributed by atoms with Crippen LogP contribution in [0.4, 0.5) is 5.95 Å². The minimum absolute atomic E-state index is 0.261. The molecule has 2 rings (SSSR count). The van der Waals surface area contributed by atoms with Crippen LogP contribution in [0.25, 0.3) is 0 Å². The van der Waals surface area contributed by atoms with Crippen LogP contribution < -0.4 is 5.32 Å². The van der Waals surface area contributed by atoms with Gasteiger partial charge in [0.15, 0.2) is 0 Å². The predicted molar refractivity (Wildman–Crippen MR) is 69.3 cm³/mol. The molecule has 0 bridgehead atoms. The number of nitrogens with zero attached hydrogens (tertiary/aromatic N) is 2. The Hall–Kier alpha value is -1.03. The molecule has 1 N–H and O–H groups in total. The quantitative estimate of drug-likeness (QED) is 0.773. The lowest BCUT2D eigenvalue weighted by atomic mass is 9.79. The van der Waals surface area contributed by atoms with E-state index in [0.717, 1.165) is 31.2 Å². The van der Waals surface area contributed by atoms with Gasteiger partial charge in [0.2, 0.25) is 5.95 Å². The summed E-state index contributed by atoms with van der Waals surface area (Å²) in [5.74, 6) is 1.01. The monoisotopic (exact) mass is 237 g/mol. The van der Waals surface area contributed by atoms with Crippen LogP contribution in [0.1, 0.15) is 38.3 Å². The number of aryl methyl sites for hydroxylation is 2. The highest BCUT2D eigenvalue weighted by molar-refractivity contribution is 5.33. The molecule has 0 aromatic carbocycles. The lowest BCUT2D eigenvalue weighted by Gasteiger charge is -2.39. The first-order valence-electron chi connectivity index (χ1n) is 6.44. The van der Waals surface area contributed by atoms with E-state index in [9.17, 15) is 0 Å². The smallest absolute Gasteiger partial charge is 0.203 e. The Morgan fingerprint density at radius 2 is 2.29 bits per heavy atom. The van der Waals surface area contributed by atoms with Crippen LogP contribution in [0.2, 0.25) is 0 Å². The maximum absolute atomic E-state index is 5.09. The summed E-state index contributed by atoms with van der Waals surface area (Å²) in [5, 5.41) is 3.58. The maximum atomic E-state index is 5.09. The fraction of sp³-hybridized carbons (Fsp3) is 0.769. The van der Waals surface area contributed by atoms with Crippen molar-refractivity contribution in [2.24, 2.45) is 0 Å². The molecule has 1 aliphatic rings. The third-order valence-corrected chi connectivity index (χ3v) is 3.52. The second-order valence-corrected chi connectivity index (χ2v) is 5.28. The van der Waals surface area contributed by atoms with Gasteiger partial charge < -0.3 is 14.6 Å². The first-order valence-corrected chi connectivity index (χ1v) is 6.44. The summed E-state index contributed by atoms with van der Waals surface area (Å²) in [4.78, 5) is 4.57. The second-order valence-electron chi connectivity index (χ2n) is 5.28. The van der Waals surface area contributed by atoms with Gasteiger partial charge in [-0.15, -0.1) is 0 Å². The van der Waals surface area contributed by atoms with Crippen LogP contribution in [0, 0.1) is 6.92 Å². The van der Waals surface area contributed by atoms with E-state index >= 15 is 0 Å². The van der Waals surface area contributed by atoms with E-state index in [4.69, 9.17) is 4.74 Å². The fourth-order valence-electron chi connectivity index (χ4n) is 2.30. The Kier molecular flexibility index (Phi) is 3.72. The fourth-order valence-corrected chi connectivity index (χ4v) is 2.30. The van der Waals surface area contributed by atoms with Gasteiger partial charge >= 0.3 is 0 Å². The Morgan fingerprint density at radius 1 is 1.53 bits per heavy atom. The van der Waals surface area contributed by atoms with Gasteiger partial charge in [-0.2, -0.15) is 0 Å². The minimum atomic E-state index is 0.261. The number of nitrogens with one attached hydrogen (secondary N) is 1. The molecular formula is C13H23N3O. The van der Waals surface area contributed by atoms with Crippen molar-refractivity contribution in [2.75, 3.05) is 19.0 Å². The molecule has 0 aliphatic heterocycles. The molecule has 0 saturated heterocycles. The predicted octanol–water partition coefficient (Wildman–Crippen LogP) is 2.58. The third-order valence-electron chi connectivity index (χ3n) is 3.52. The van der Waals surface area contributed by atoms with Crippen LogP contribution in [-0.2, 0) is 11.3 Å². The number of anilines is 1. The van der Waals surface area contributed by atoms with Crippen molar-refractivity contribution in [1.29, 1.82) is 0 Å². The lowest BCUT2D eigenvalue weighted by molar-refractivity contribution is 0.190. The maximum Gasteiger partial charge on any atom is 0.203 e. The van der Waals surface area contributed by atoms with Crippen molar-refractivity contribution in [2.45, 2.75) is 51.6 Å². The van der Waals surface area contributed by atoms with Crippen LogP contribution in [0.5, 0.6) is 0 Å². The molecule has 1 fully saturated rings. The van der Waals surface area contributed by atoms with Crippen molar-refractivity contribution < 1.29 is 4.74 Å². The second kappa shape index (κ2) is 5.08. The standard InChI is InChI=1S/C13H23N3O/c1-11-10-16(8-5-9-17-3)12(14-11)15-13(2)6-4-7-13/h10H,4-9H2,1-3H3,(H,14,15). The average Bonchev–Trinajstić information content (AvgIpc) is 2.57. The molecule has 17 heavy (non-hydrogen) atoms. The van der Waals surface area contributed by atoms with Gasteiger partial charge in [0.25, 0.3) is 0 Å². The van der Waals surface area contributed by atoms with E-state index in [1.165, 1.54) is 19.3 Å². The zero-order valence-electron chi connectivity index (χ0n) is 11.1. The summed E-state index contributed by atoms with van der Waals surface area (Å²) in [6.45, 7) is 6.09. The molecule has 1 aromatic rings. The first kappa shape index (κ1) is 12.4. The number of hydrogen-bond acceptors (Lipinski definition) is 3. The van der Waals surface area contributed by atoms with E-state index in [-0.39, 0.29) is 5.54 Å². The molecule has 1 saturated carbocycles. The molecule has 0 spiro atoms. The molecule has 96 valence electrons. The summed E-state index contributed by atoms with van der Waals surface area (Å²) in [6.07, 6.45) is 6.96. The molecule has 1 heterocycles. The minimum Gasteiger partial charge on any atom is -0.385 e. The summed E-state index contributed by atoms with van der Waals surface area (Å²) < 4.78 is 7.30. The summed E-state index contributed by atoms with van der Waals surface area (Å²) >= 11 is 0. The third kappa shape index (κ3) is 3.00. The van der Waals surface area contributed by atoms with E-state index in [0.29, 0.717) is 0 Å². The van der Waals surface area contributed by atoms with Crippen molar-refractivity contribution in [3.63, 3.8) is 0 Å². The lowest BCUT2D eigenvalue weighted by Crippen LogP contribution is -2.42. The number of hydrogen-bond donors (Lipinski definition) is 1. The number of imidazole rings is 1. The molecule has 4 heteroatoms. The number of methoxy groups -OCH3 is 1. The Bertz CT molecular complexity index is 369. The van der Waals surface area contributed by atoms with Gasteiger partial charge in [0.1, 0.15) is 0 Å². The Balaban J connectivity index is 1.99. The number of aromatic nitrogens is 2. The SMILES string of the molecule is COCCCn1cc(C)nc1NC1(C)CCC1. The Morgan fingerprint density at radius 3 is 2.88 bits per heavy atom.